The smallest absolute Gasteiger partial charge is 0.00324 e. The highest BCUT2D eigenvalue weighted by molar-refractivity contribution is 5.66. The molecule has 0 saturated carbocycles. The van der Waals surface area contributed by atoms with Crippen LogP contribution in [0.3, 0.4) is 0 Å². The summed E-state index contributed by atoms with van der Waals surface area (Å²) in [5.74, 6) is 0.700. The van der Waals surface area contributed by atoms with E-state index in [-0.39, 0.29) is 0 Å². The molecule has 0 radical (unpaired) electrons. The zero-order valence-corrected chi connectivity index (χ0v) is 10.8. The standard InChI is InChI=1S/C16H21N/c1-11(2)12-5-4-6-14-13(12)7-8-16(3)10-17-9-15(14)16/h4-6,15,17H,1,7-10H2,2-3H3/t15-,16-/m1/s1. The Bertz CT molecular complexity index is 474. The van der Waals surface area contributed by atoms with E-state index in [0.717, 1.165) is 6.54 Å². The van der Waals surface area contributed by atoms with Gasteiger partial charge in [0.05, 0.1) is 0 Å². The van der Waals surface area contributed by atoms with Gasteiger partial charge in [0.1, 0.15) is 0 Å². The summed E-state index contributed by atoms with van der Waals surface area (Å²) in [6.45, 7) is 11.0. The normalized spacial score (nSPS) is 30.8. The van der Waals surface area contributed by atoms with E-state index in [4.69, 9.17) is 0 Å². The zero-order valence-electron chi connectivity index (χ0n) is 10.8. The van der Waals surface area contributed by atoms with Gasteiger partial charge in [0.2, 0.25) is 0 Å². The van der Waals surface area contributed by atoms with E-state index in [1.807, 2.05) is 0 Å². The van der Waals surface area contributed by atoms with Crippen LogP contribution in [0, 0.1) is 5.41 Å². The van der Waals surface area contributed by atoms with Crippen molar-refractivity contribution in [1.82, 2.24) is 5.32 Å². The van der Waals surface area contributed by atoms with Crippen molar-refractivity contribution in [3.8, 4) is 0 Å². The predicted molar refractivity (Wildman–Crippen MR) is 73.2 cm³/mol. The Balaban J connectivity index is 2.13. The van der Waals surface area contributed by atoms with Gasteiger partial charge in [0.25, 0.3) is 0 Å². The number of rotatable bonds is 1. The quantitative estimate of drug-likeness (QED) is 0.775. The molecule has 17 heavy (non-hydrogen) atoms. The first-order valence-corrected chi connectivity index (χ1v) is 6.60. The maximum absolute atomic E-state index is 4.12. The number of benzene rings is 1. The fourth-order valence-corrected chi connectivity index (χ4v) is 3.64. The lowest BCUT2D eigenvalue weighted by Gasteiger charge is -2.37. The Morgan fingerprint density at radius 1 is 1.47 bits per heavy atom. The first kappa shape index (κ1) is 11.0. The lowest BCUT2D eigenvalue weighted by atomic mass is 9.66. The molecule has 1 saturated heterocycles. The summed E-state index contributed by atoms with van der Waals surface area (Å²) in [5.41, 5.74) is 6.20. The Labute approximate surface area is 104 Å². The Hall–Kier alpha value is -1.08. The minimum Gasteiger partial charge on any atom is -0.316 e. The molecule has 0 bridgehead atoms. The largest absolute Gasteiger partial charge is 0.316 e. The molecular formula is C16H21N. The fraction of sp³-hybridized carbons (Fsp3) is 0.500. The highest BCUT2D eigenvalue weighted by Gasteiger charge is 2.43. The van der Waals surface area contributed by atoms with Gasteiger partial charge in [-0.1, -0.05) is 37.3 Å². The number of allylic oxidation sites excluding steroid dienone is 1. The molecule has 0 unspecified atom stereocenters. The molecule has 2 aliphatic rings. The Morgan fingerprint density at radius 2 is 2.29 bits per heavy atom. The second-order valence-electron chi connectivity index (χ2n) is 5.99. The van der Waals surface area contributed by atoms with Crippen molar-refractivity contribution in [2.24, 2.45) is 5.41 Å². The highest BCUT2D eigenvalue weighted by atomic mass is 14.9. The maximum Gasteiger partial charge on any atom is 0.00324 e. The first-order chi connectivity index (χ1) is 8.12. The van der Waals surface area contributed by atoms with Crippen LogP contribution in [0.1, 0.15) is 42.9 Å². The summed E-state index contributed by atoms with van der Waals surface area (Å²) in [7, 11) is 0. The predicted octanol–water partition coefficient (Wildman–Crippen LogP) is 3.36. The van der Waals surface area contributed by atoms with Crippen LogP contribution in [0.15, 0.2) is 24.8 Å². The van der Waals surface area contributed by atoms with E-state index < -0.39 is 0 Å². The van der Waals surface area contributed by atoms with E-state index >= 15 is 0 Å². The SMILES string of the molecule is C=C(C)c1cccc2c1CC[C@]1(C)CNC[C@H]21. The van der Waals surface area contributed by atoms with Crippen LogP contribution in [0.4, 0.5) is 0 Å². The van der Waals surface area contributed by atoms with Gasteiger partial charge in [-0.25, -0.2) is 0 Å². The third-order valence-corrected chi connectivity index (χ3v) is 4.71. The van der Waals surface area contributed by atoms with Gasteiger partial charge in [-0.3, -0.25) is 0 Å². The second kappa shape index (κ2) is 3.71. The monoisotopic (exact) mass is 227 g/mol. The van der Waals surface area contributed by atoms with Gasteiger partial charge in [0, 0.05) is 19.0 Å². The molecule has 1 fully saturated rings. The van der Waals surface area contributed by atoms with Crippen molar-refractivity contribution in [1.29, 1.82) is 0 Å². The molecule has 90 valence electrons. The lowest BCUT2D eigenvalue weighted by molar-refractivity contribution is 0.277. The molecule has 1 aromatic carbocycles. The van der Waals surface area contributed by atoms with Crippen LogP contribution in [-0.2, 0) is 6.42 Å². The highest BCUT2D eigenvalue weighted by Crippen LogP contribution is 2.48. The molecule has 1 nitrogen and oxygen atoms in total. The average Bonchev–Trinajstić information content (AvgIpc) is 2.70. The molecule has 1 heterocycles. The molecule has 3 rings (SSSR count). The second-order valence-corrected chi connectivity index (χ2v) is 5.99. The summed E-state index contributed by atoms with van der Waals surface area (Å²) in [5, 5.41) is 3.57. The van der Waals surface area contributed by atoms with Gasteiger partial charge >= 0.3 is 0 Å². The van der Waals surface area contributed by atoms with Crippen LogP contribution >= 0.6 is 0 Å². The fourth-order valence-electron chi connectivity index (χ4n) is 3.64. The van der Waals surface area contributed by atoms with E-state index in [9.17, 15) is 0 Å². The van der Waals surface area contributed by atoms with Crippen molar-refractivity contribution in [3.63, 3.8) is 0 Å². The van der Waals surface area contributed by atoms with Gasteiger partial charge in [0.15, 0.2) is 0 Å². The summed E-state index contributed by atoms with van der Waals surface area (Å²) in [6.07, 6.45) is 2.52. The number of hydrogen-bond acceptors (Lipinski definition) is 1. The summed E-state index contributed by atoms with van der Waals surface area (Å²) in [6, 6.07) is 6.76. The Morgan fingerprint density at radius 3 is 3.06 bits per heavy atom. The summed E-state index contributed by atoms with van der Waals surface area (Å²) < 4.78 is 0. The van der Waals surface area contributed by atoms with Gasteiger partial charge in [-0.05, 0) is 41.9 Å². The number of nitrogens with one attached hydrogen (secondary N) is 1. The molecular weight excluding hydrogens is 206 g/mol. The summed E-state index contributed by atoms with van der Waals surface area (Å²) in [4.78, 5) is 0. The van der Waals surface area contributed by atoms with Crippen molar-refractivity contribution in [2.45, 2.75) is 32.6 Å². The molecule has 2 atom stereocenters. The zero-order chi connectivity index (χ0) is 12.0. The average molecular weight is 227 g/mol. The summed E-state index contributed by atoms with van der Waals surface area (Å²) >= 11 is 0. The topological polar surface area (TPSA) is 12.0 Å². The molecule has 0 spiro atoms. The van der Waals surface area contributed by atoms with Crippen molar-refractivity contribution in [3.05, 3.63) is 41.5 Å². The maximum atomic E-state index is 4.12. The van der Waals surface area contributed by atoms with Crippen LogP contribution < -0.4 is 5.32 Å². The van der Waals surface area contributed by atoms with Crippen molar-refractivity contribution in [2.75, 3.05) is 13.1 Å². The molecule has 0 aromatic heterocycles. The minimum atomic E-state index is 0.473. The van der Waals surface area contributed by atoms with E-state index in [0.29, 0.717) is 11.3 Å². The molecule has 1 aliphatic heterocycles. The van der Waals surface area contributed by atoms with E-state index in [1.54, 1.807) is 11.1 Å². The number of fused-ring (bicyclic) bond motifs is 3. The van der Waals surface area contributed by atoms with Gasteiger partial charge in [-0.2, -0.15) is 0 Å². The van der Waals surface area contributed by atoms with Crippen LogP contribution in [0.5, 0.6) is 0 Å². The Kier molecular flexibility index (Phi) is 2.41. The molecule has 1 aromatic rings. The van der Waals surface area contributed by atoms with Crippen molar-refractivity contribution >= 4 is 5.57 Å². The van der Waals surface area contributed by atoms with E-state index in [2.05, 4.69) is 43.9 Å². The van der Waals surface area contributed by atoms with Crippen LogP contribution in [-0.4, -0.2) is 13.1 Å². The minimum absolute atomic E-state index is 0.473. The van der Waals surface area contributed by atoms with Crippen LogP contribution in [0.25, 0.3) is 5.57 Å². The van der Waals surface area contributed by atoms with E-state index in [1.165, 1.54) is 30.5 Å². The lowest BCUT2D eigenvalue weighted by Crippen LogP contribution is -2.30. The van der Waals surface area contributed by atoms with Gasteiger partial charge < -0.3 is 5.32 Å². The van der Waals surface area contributed by atoms with Gasteiger partial charge in [-0.15, -0.1) is 0 Å². The van der Waals surface area contributed by atoms with Crippen molar-refractivity contribution < 1.29 is 0 Å². The third kappa shape index (κ3) is 1.56. The van der Waals surface area contributed by atoms with Crippen LogP contribution in [0.2, 0.25) is 0 Å². The third-order valence-electron chi connectivity index (χ3n) is 4.71. The molecule has 1 aliphatic carbocycles. The number of hydrogen-bond donors (Lipinski definition) is 1. The molecule has 1 N–H and O–H groups in total. The molecule has 0 amide bonds. The first-order valence-electron chi connectivity index (χ1n) is 6.60. The molecule has 1 heteroatoms.